The number of piperidine rings is 1. The Morgan fingerprint density at radius 2 is 1.72 bits per heavy atom. The van der Waals surface area contributed by atoms with Gasteiger partial charge in [0.05, 0.1) is 0 Å². The highest BCUT2D eigenvalue weighted by atomic mass is 35.5. The van der Waals surface area contributed by atoms with E-state index in [0.29, 0.717) is 36.5 Å². The van der Waals surface area contributed by atoms with Crippen molar-refractivity contribution in [3.63, 3.8) is 0 Å². The van der Waals surface area contributed by atoms with E-state index in [1.54, 1.807) is 24.3 Å². The normalized spacial score (nSPS) is 19.3. The van der Waals surface area contributed by atoms with Gasteiger partial charge >= 0.3 is 5.97 Å². The van der Waals surface area contributed by atoms with Gasteiger partial charge in [-0.05, 0) is 31.7 Å². The van der Waals surface area contributed by atoms with Gasteiger partial charge in [0, 0.05) is 35.5 Å². The van der Waals surface area contributed by atoms with E-state index in [1.807, 2.05) is 4.90 Å². The summed E-state index contributed by atoms with van der Waals surface area (Å²) in [5.74, 6) is -1.36. The van der Waals surface area contributed by atoms with Crippen molar-refractivity contribution in [2.24, 2.45) is 11.8 Å². The van der Waals surface area contributed by atoms with Crippen LogP contribution >= 0.6 is 11.6 Å². The van der Waals surface area contributed by atoms with E-state index in [9.17, 15) is 19.5 Å². The van der Waals surface area contributed by atoms with Gasteiger partial charge in [-0.15, -0.1) is 0 Å². The zero-order valence-electron chi connectivity index (χ0n) is 13.8. The summed E-state index contributed by atoms with van der Waals surface area (Å²) < 4.78 is 0. The molecule has 1 heterocycles. The van der Waals surface area contributed by atoms with E-state index >= 15 is 0 Å². The number of aliphatic carboxylic acids is 1. The number of carbonyl (C=O) groups is 3. The van der Waals surface area contributed by atoms with Crippen molar-refractivity contribution in [1.29, 1.82) is 0 Å². The van der Waals surface area contributed by atoms with Gasteiger partial charge in [0.2, 0.25) is 11.8 Å². The average molecular weight is 365 g/mol. The Labute approximate surface area is 151 Å². The fraction of sp³-hybridized carbons (Fsp3) is 0.500. The fourth-order valence-electron chi connectivity index (χ4n) is 3.19. The van der Waals surface area contributed by atoms with Gasteiger partial charge < -0.3 is 15.3 Å². The molecule has 134 valence electrons. The molecule has 0 aromatic heterocycles. The van der Waals surface area contributed by atoms with Crippen LogP contribution in [-0.2, 0) is 14.4 Å². The molecule has 1 aliphatic carbocycles. The summed E-state index contributed by atoms with van der Waals surface area (Å²) >= 11 is 6.06. The summed E-state index contributed by atoms with van der Waals surface area (Å²) in [6.45, 7) is 1.11. The third-order valence-electron chi connectivity index (χ3n) is 4.85. The smallest absolute Gasteiger partial charge is 0.330 e. The first kappa shape index (κ1) is 17.7. The Morgan fingerprint density at radius 1 is 1.08 bits per heavy atom. The maximum Gasteiger partial charge on any atom is 0.330 e. The van der Waals surface area contributed by atoms with E-state index in [1.165, 1.54) is 0 Å². The Kier molecular flexibility index (Phi) is 5.27. The number of halogens is 1. The van der Waals surface area contributed by atoms with Crippen LogP contribution in [0.2, 0.25) is 5.02 Å². The molecule has 2 fully saturated rings. The summed E-state index contributed by atoms with van der Waals surface area (Å²) in [5.41, 5.74) is 0.367. The molecule has 0 unspecified atom stereocenters. The highest BCUT2D eigenvalue weighted by Crippen LogP contribution is 2.32. The minimum Gasteiger partial charge on any atom is -0.479 e. The molecular formula is C18H21ClN2O4. The highest BCUT2D eigenvalue weighted by Gasteiger charge is 2.36. The lowest BCUT2D eigenvalue weighted by Gasteiger charge is -2.32. The number of nitrogens with one attached hydrogen (secondary N) is 1. The molecule has 1 atom stereocenters. The lowest BCUT2D eigenvalue weighted by molar-refractivity contribution is -0.143. The molecular weight excluding hydrogens is 344 g/mol. The van der Waals surface area contributed by atoms with Gasteiger partial charge in [-0.2, -0.15) is 0 Å². The predicted octanol–water partition coefficient (Wildman–Crippen LogP) is 2.23. The third kappa shape index (κ3) is 4.12. The first-order valence-electron chi connectivity index (χ1n) is 8.53. The summed E-state index contributed by atoms with van der Waals surface area (Å²) in [4.78, 5) is 37.9. The number of nitrogens with zero attached hydrogens (tertiary/aromatic N) is 1. The molecule has 1 aromatic rings. The maximum absolute atomic E-state index is 12.5. The number of amides is 2. The minimum absolute atomic E-state index is 0.182. The summed E-state index contributed by atoms with van der Waals surface area (Å²) in [5, 5.41) is 12.4. The number of carbonyl (C=O) groups excluding carboxylic acids is 2. The topological polar surface area (TPSA) is 86.7 Å². The van der Waals surface area contributed by atoms with E-state index in [0.717, 1.165) is 12.8 Å². The van der Waals surface area contributed by atoms with E-state index in [4.69, 9.17) is 11.6 Å². The van der Waals surface area contributed by atoms with Crippen molar-refractivity contribution >= 4 is 29.4 Å². The molecule has 0 radical (unpaired) electrons. The summed E-state index contributed by atoms with van der Waals surface area (Å²) in [6.07, 6.45) is 3.05. The van der Waals surface area contributed by atoms with Crippen molar-refractivity contribution in [2.45, 2.75) is 31.7 Å². The van der Waals surface area contributed by atoms with Crippen molar-refractivity contribution in [3.05, 3.63) is 34.9 Å². The molecule has 1 aliphatic heterocycles. The molecule has 2 amide bonds. The van der Waals surface area contributed by atoms with Crippen LogP contribution in [0.1, 0.15) is 37.3 Å². The van der Waals surface area contributed by atoms with E-state index < -0.39 is 12.0 Å². The molecule has 0 spiro atoms. The SMILES string of the molecule is O=C(N[C@@H](C(=O)O)c1ccccc1Cl)C1CCN(C(=O)C2CC2)CC1. The summed E-state index contributed by atoms with van der Waals surface area (Å²) in [6, 6.07) is 5.41. The fourth-order valence-corrected chi connectivity index (χ4v) is 3.44. The zero-order chi connectivity index (χ0) is 18.0. The first-order valence-corrected chi connectivity index (χ1v) is 8.91. The van der Waals surface area contributed by atoms with Crippen molar-refractivity contribution in [1.82, 2.24) is 10.2 Å². The molecule has 1 saturated heterocycles. The van der Waals surface area contributed by atoms with Crippen molar-refractivity contribution < 1.29 is 19.5 Å². The Balaban J connectivity index is 1.60. The average Bonchev–Trinajstić information content (AvgIpc) is 3.44. The lowest BCUT2D eigenvalue weighted by Crippen LogP contribution is -2.45. The number of hydrogen-bond acceptors (Lipinski definition) is 3. The van der Waals surface area contributed by atoms with Crippen molar-refractivity contribution in [3.8, 4) is 0 Å². The zero-order valence-corrected chi connectivity index (χ0v) is 14.5. The number of carboxylic acids is 1. The van der Waals surface area contributed by atoms with Gasteiger partial charge in [0.1, 0.15) is 0 Å². The molecule has 7 heteroatoms. The second-order valence-electron chi connectivity index (χ2n) is 6.68. The number of rotatable bonds is 5. The van der Waals surface area contributed by atoms with Crippen LogP contribution in [-0.4, -0.2) is 40.9 Å². The van der Waals surface area contributed by atoms with E-state index in [2.05, 4.69) is 5.32 Å². The van der Waals surface area contributed by atoms with Crippen LogP contribution in [0, 0.1) is 11.8 Å². The van der Waals surface area contributed by atoms with Gasteiger partial charge in [0.25, 0.3) is 0 Å². The number of likely N-dealkylation sites (tertiary alicyclic amines) is 1. The van der Waals surface area contributed by atoms with Gasteiger partial charge in [-0.3, -0.25) is 9.59 Å². The lowest BCUT2D eigenvalue weighted by atomic mass is 9.94. The molecule has 25 heavy (non-hydrogen) atoms. The van der Waals surface area contributed by atoms with E-state index in [-0.39, 0.29) is 23.7 Å². The number of hydrogen-bond donors (Lipinski definition) is 2. The van der Waals surface area contributed by atoms with Crippen LogP contribution in [0.5, 0.6) is 0 Å². The Hall–Kier alpha value is -2.08. The Bertz CT molecular complexity index is 681. The second kappa shape index (κ2) is 7.44. The third-order valence-corrected chi connectivity index (χ3v) is 5.20. The molecule has 2 N–H and O–H groups in total. The standard InChI is InChI=1S/C18H21ClN2O4/c19-14-4-2-1-3-13(14)15(18(24)25)20-16(22)11-7-9-21(10-8-11)17(23)12-5-6-12/h1-4,11-12,15H,5-10H2,(H,20,22)(H,24,25)/t15-/m1/s1. The van der Waals surface area contributed by atoms with Gasteiger partial charge in [-0.25, -0.2) is 4.79 Å². The Morgan fingerprint density at radius 3 is 2.28 bits per heavy atom. The maximum atomic E-state index is 12.5. The summed E-state index contributed by atoms with van der Waals surface area (Å²) in [7, 11) is 0. The molecule has 1 aromatic carbocycles. The second-order valence-corrected chi connectivity index (χ2v) is 7.08. The van der Waals surface area contributed by atoms with Gasteiger partial charge in [-0.1, -0.05) is 29.8 Å². The van der Waals surface area contributed by atoms with Crippen LogP contribution in [0.3, 0.4) is 0 Å². The van der Waals surface area contributed by atoms with Gasteiger partial charge in [0.15, 0.2) is 6.04 Å². The molecule has 2 aliphatic rings. The minimum atomic E-state index is -1.17. The number of benzene rings is 1. The molecule has 0 bridgehead atoms. The first-order chi connectivity index (χ1) is 12.0. The molecule has 3 rings (SSSR count). The van der Waals surface area contributed by atoms with Crippen molar-refractivity contribution in [2.75, 3.05) is 13.1 Å². The van der Waals surface area contributed by atoms with Crippen LogP contribution in [0.25, 0.3) is 0 Å². The molecule has 6 nitrogen and oxygen atoms in total. The van der Waals surface area contributed by atoms with Crippen LogP contribution in [0.4, 0.5) is 0 Å². The quantitative estimate of drug-likeness (QED) is 0.838. The van der Waals surface area contributed by atoms with Crippen LogP contribution < -0.4 is 5.32 Å². The molecule has 1 saturated carbocycles. The van der Waals surface area contributed by atoms with Crippen LogP contribution in [0.15, 0.2) is 24.3 Å². The monoisotopic (exact) mass is 364 g/mol. The largest absolute Gasteiger partial charge is 0.479 e. The number of carboxylic acid groups (broad SMARTS) is 1. The highest BCUT2D eigenvalue weighted by molar-refractivity contribution is 6.31. The predicted molar refractivity (Wildman–Crippen MR) is 92.0 cm³/mol.